The number of piperidine rings is 1. The summed E-state index contributed by atoms with van der Waals surface area (Å²) in [5, 5.41) is 12.6. The van der Waals surface area contributed by atoms with Gasteiger partial charge in [0.25, 0.3) is 0 Å². The molecule has 3 aromatic rings. The van der Waals surface area contributed by atoms with E-state index in [9.17, 15) is 13.2 Å². The van der Waals surface area contributed by atoms with Crippen molar-refractivity contribution in [1.29, 1.82) is 0 Å². The van der Waals surface area contributed by atoms with Crippen LogP contribution in [0.4, 0.5) is 0 Å². The Kier molecular flexibility index (Phi) is 8.74. The number of likely N-dealkylation sites (tertiary alicyclic amines) is 1. The van der Waals surface area contributed by atoms with Crippen molar-refractivity contribution in [1.82, 2.24) is 20.4 Å². The van der Waals surface area contributed by atoms with Crippen LogP contribution in [0.1, 0.15) is 79.7 Å². The molecule has 5 rings (SSSR count). The fourth-order valence-electron chi connectivity index (χ4n) is 5.42. The van der Waals surface area contributed by atoms with Crippen molar-refractivity contribution in [2.45, 2.75) is 68.2 Å². The second-order valence-electron chi connectivity index (χ2n) is 10.9. The van der Waals surface area contributed by atoms with E-state index in [4.69, 9.17) is 9.66 Å². The summed E-state index contributed by atoms with van der Waals surface area (Å²) in [6.07, 6.45) is 7.45. The van der Waals surface area contributed by atoms with Crippen molar-refractivity contribution in [2.75, 3.05) is 19.6 Å². The first-order valence-corrected chi connectivity index (χ1v) is 15.4. The van der Waals surface area contributed by atoms with Crippen LogP contribution in [0.5, 0.6) is 0 Å². The maximum atomic E-state index is 12.7. The molecule has 2 aliphatic rings. The summed E-state index contributed by atoms with van der Waals surface area (Å²) in [4.78, 5) is 19.8. The fourth-order valence-corrected chi connectivity index (χ4v) is 5.94. The van der Waals surface area contributed by atoms with Gasteiger partial charge >= 0.3 is 0 Å². The number of sulfonamides is 1. The number of carbonyl (C=O) groups excluding carboxylic acids is 1. The maximum Gasteiger partial charge on any atom is 0.238 e. The molecule has 1 aliphatic carbocycles. The van der Waals surface area contributed by atoms with Crippen molar-refractivity contribution in [3.8, 4) is 0 Å². The van der Waals surface area contributed by atoms with Gasteiger partial charge in [-0.05, 0) is 74.4 Å². The molecule has 3 N–H and O–H groups in total. The van der Waals surface area contributed by atoms with Gasteiger partial charge in [-0.25, -0.2) is 13.6 Å². The van der Waals surface area contributed by atoms with E-state index in [0.29, 0.717) is 30.5 Å². The molecule has 39 heavy (non-hydrogen) atoms. The predicted molar refractivity (Wildman–Crippen MR) is 147 cm³/mol. The van der Waals surface area contributed by atoms with Gasteiger partial charge in [-0.15, -0.1) is 0 Å². The number of nitrogens with one attached hydrogen (secondary N) is 1. The Hall–Kier alpha value is -3.08. The van der Waals surface area contributed by atoms with Gasteiger partial charge in [-0.2, -0.15) is 4.98 Å². The van der Waals surface area contributed by atoms with E-state index >= 15 is 0 Å². The number of aromatic nitrogens is 2. The summed E-state index contributed by atoms with van der Waals surface area (Å²) in [7, 11) is -3.71. The first-order chi connectivity index (χ1) is 18.8. The molecule has 0 bridgehead atoms. The highest BCUT2D eigenvalue weighted by atomic mass is 32.2. The van der Waals surface area contributed by atoms with Gasteiger partial charge in [0.15, 0.2) is 5.82 Å². The third-order valence-electron chi connectivity index (χ3n) is 8.00. The Labute approximate surface area is 230 Å². The molecular weight excluding hydrogens is 514 g/mol. The highest BCUT2D eigenvalue weighted by Crippen LogP contribution is 2.30. The summed E-state index contributed by atoms with van der Waals surface area (Å²) in [5.74, 6) is 2.19. The van der Waals surface area contributed by atoms with Crippen LogP contribution in [0.2, 0.25) is 0 Å². The molecule has 1 saturated carbocycles. The lowest BCUT2D eigenvalue weighted by atomic mass is 9.83. The molecule has 1 atom stereocenters. The molecule has 2 fully saturated rings. The molecule has 1 aliphatic heterocycles. The topological polar surface area (TPSA) is 131 Å². The number of nitrogens with two attached hydrogens (primary N) is 1. The summed E-state index contributed by atoms with van der Waals surface area (Å²) < 4.78 is 28.5. The minimum Gasteiger partial charge on any atom is -0.349 e. The smallest absolute Gasteiger partial charge is 0.238 e. The minimum atomic E-state index is -3.71. The van der Waals surface area contributed by atoms with Crippen LogP contribution in [0.25, 0.3) is 0 Å². The SMILES string of the molecule is NS(=O)(=O)c1ccc(Cc2noc(C3CCN(CC[C@H](NC(=O)CC4CCC4)c4ccccc4)CC3)n2)cc1. The van der Waals surface area contributed by atoms with Gasteiger partial charge < -0.3 is 14.7 Å². The maximum absolute atomic E-state index is 12.7. The van der Waals surface area contributed by atoms with Gasteiger partial charge in [-0.3, -0.25) is 4.79 Å². The monoisotopic (exact) mass is 551 g/mol. The van der Waals surface area contributed by atoms with E-state index in [1.807, 2.05) is 18.2 Å². The molecule has 0 unspecified atom stereocenters. The molecule has 1 amide bonds. The van der Waals surface area contributed by atoms with Crippen molar-refractivity contribution in [3.63, 3.8) is 0 Å². The van der Waals surface area contributed by atoms with E-state index in [1.54, 1.807) is 12.1 Å². The second kappa shape index (κ2) is 12.4. The van der Waals surface area contributed by atoms with Gasteiger partial charge in [0.1, 0.15) is 0 Å². The number of hydrogen-bond acceptors (Lipinski definition) is 7. The summed E-state index contributed by atoms with van der Waals surface area (Å²) in [5.41, 5.74) is 2.05. The second-order valence-corrected chi connectivity index (χ2v) is 12.4. The number of primary sulfonamides is 1. The minimum absolute atomic E-state index is 0.0222. The fraction of sp³-hybridized carbons (Fsp3) is 0.483. The quantitative estimate of drug-likeness (QED) is 0.369. The standard InChI is InChI=1S/C29H37N5O4S/c30-39(36,37)25-11-9-22(10-12-25)19-27-32-29(38-33-27)24-13-16-34(17-14-24)18-15-26(23-7-2-1-3-8-23)31-28(35)20-21-5-4-6-21/h1-3,7-12,21,24,26H,4-6,13-20H2,(H,31,35)(H2,30,36,37)/t26-/m0/s1. The van der Waals surface area contributed by atoms with Crippen LogP contribution in [0, 0.1) is 5.92 Å². The van der Waals surface area contributed by atoms with Crippen LogP contribution in [-0.2, 0) is 21.2 Å². The molecule has 9 nitrogen and oxygen atoms in total. The zero-order valence-electron chi connectivity index (χ0n) is 22.2. The first kappa shape index (κ1) is 27.5. The summed E-state index contributed by atoms with van der Waals surface area (Å²) in [6.45, 7) is 2.80. The average molecular weight is 552 g/mol. The molecular formula is C29H37N5O4S. The van der Waals surface area contributed by atoms with E-state index in [0.717, 1.165) is 50.0 Å². The van der Waals surface area contributed by atoms with E-state index in [-0.39, 0.29) is 22.8 Å². The molecule has 2 heterocycles. The molecule has 0 radical (unpaired) electrons. The highest BCUT2D eigenvalue weighted by Gasteiger charge is 2.27. The molecule has 1 saturated heterocycles. The van der Waals surface area contributed by atoms with Gasteiger partial charge in [0.2, 0.25) is 21.8 Å². The first-order valence-electron chi connectivity index (χ1n) is 13.8. The molecule has 10 heteroatoms. The van der Waals surface area contributed by atoms with Crippen LogP contribution in [-0.4, -0.2) is 49.0 Å². The Morgan fingerprint density at radius 1 is 1.05 bits per heavy atom. The molecule has 1 aromatic heterocycles. The lowest BCUT2D eigenvalue weighted by Gasteiger charge is -2.32. The van der Waals surface area contributed by atoms with Gasteiger partial charge in [-0.1, -0.05) is 54.0 Å². The van der Waals surface area contributed by atoms with Crippen LogP contribution < -0.4 is 10.5 Å². The lowest BCUT2D eigenvalue weighted by molar-refractivity contribution is -0.123. The Morgan fingerprint density at radius 3 is 2.41 bits per heavy atom. The zero-order chi connectivity index (χ0) is 27.2. The lowest BCUT2D eigenvalue weighted by Crippen LogP contribution is -2.37. The predicted octanol–water partition coefficient (Wildman–Crippen LogP) is 3.93. The van der Waals surface area contributed by atoms with E-state index < -0.39 is 10.0 Å². The van der Waals surface area contributed by atoms with E-state index in [1.165, 1.54) is 31.4 Å². The number of amides is 1. The third kappa shape index (κ3) is 7.52. The molecule has 2 aromatic carbocycles. The highest BCUT2D eigenvalue weighted by molar-refractivity contribution is 7.89. The van der Waals surface area contributed by atoms with Crippen molar-refractivity contribution < 1.29 is 17.7 Å². The normalized spacial score (nSPS) is 18.0. The van der Waals surface area contributed by atoms with Crippen LogP contribution in [0.3, 0.4) is 0 Å². The number of nitrogens with zero attached hydrogens (tertiary/aromatic N) is 3. The summed E-state index contributed by atoms with van der Waals surface area (Å²) >= 11 is 0. The zero-order valence-corrected chi connectivity index (χ0v) is 23.0. The van der Waals surface area contributed by atoms with Crippen molar-refractivity contribution in [2.24, 2.45) is 11.1 Å². The Bertz CT molecular complexity index is 1330. The average Bonchev–Trinajstić information content (AvgIpc) is 3.38. The third-order valence-corrected chi connectivity index (χ3v) is 8.93. The summed E-state index contributed by atoms with van der Waals surface area (Å²) in [6, 6.07) is 16.7. The van der Waals surface area contributed by atoms with E-state index in [2.05, 4.69) is 32.5 Å². The number of benzene rings is 2. The van der Waals surface area contributed by atoms with Gasteiger partial charge in [0, 0.05) is 25.3 Å². The number of hydrogen-bond donors (Lipinski definition) is 2. The van der Waals surface area contributed by atoms with Crippen molar-refractivity contribution >= 4 is 15.9 Å². The molecule has 208 valence electrons. The van der Waals surface area contributed by atoms with Crippen molar-refractivity contribution in [3.05, 3.63) is 77.4 Å². The number of carbonyl (C=O) groups is 1. The van der Waals surface area contributed by atoms with Crippen LogP contribution >= 0.6 is 0 Å². The van der Waals surface area contributed by atoms with Gasteiger partial charge in [0.05, 0.1) is 10.9 Å². The Morgan fingerprint density at radius 2 is 1.77 bits per heavy atom. The largest absolute Gasteiger partial charge is 0.349 e. The van der Waals surface area contributed by atoms with Crippen LogP contribution in [0.15, 0.2) is 64.0 Å². The Balaban J connectivity index is 1.11. The number of rotatable bonds is 11. The molecule has 0 spiro atoms.